The van der Waals surface area contributed by atoms with Crippen molar-refractivity contribution in [3.63, 3.8) is 0 Å². The van der Waals surface area contributed by atoms with Crippen molar-refractivity contribution in [3.05, 3.63) is 22.4 Å². The Labute approximate surface area is 82.5 Å². The van der Waals surface area contributed by atoms with Crippen molar-refractivity contribution < 1.29 is 0 Å². The lowest BCUT2D eigenvalue weighted by Crippen LogP contribution is -2.15. The summed E-state index contributed by atoms with van der Waals surface area (Å²) in [5.74, 6) is 1.43. The minimum Gasteiger partial charge on any atom is -0.387 e. The lowest BCUT2D eigenvalue weighted by atomic mass is 10.2. The summed E-state index contributed by atoms with van der Waals surface area (Å²) in [5, 5.41) is 4.21. The number of nitrogens with zero attached hydrogens (tertiary/aromatic N) is 1. The molecule has 1 fully saturated rings. The SMILES string of the molecule is CC(N=C(N)C1CC1)c1ccsc1. The monoisotopic (exact) mass is 194 g/mol. The van der Waals surface area contributed by atoms with Gasteiger partial charge in [-0.25, -0.2) is 0 Å². The van der Waals surface area contributed by atoms with Crippen molar-refractivity contribution >= 4 is 17.2 Å². The van der Waals surface area contributed by atoms with Crippen LogP contribution in [-0.2, 0) is 0 Å². The van der Waals surface area contributed by atoms with Gasteiger partial charge in [0, 0.05) is 5.92 Å². The highest BCUT2D eigenvalue weighted by molar-refractivity contribution is 7.07. The Bertz CT molecular complexity index is 299. The Morgan fingerprint density at radius 2 is 2.46 bits per heavy atom. The maximum Gasteiger partial charge on any atom is 0.0975 e. The van der Waals surface area contributed by atoms with E-state index in [9.17, 15) is 0 Å². The minimum absolute atomic E-state index is 0.229. The fourth-order valence-corrected chi connectivity index (χ4v) is 2.04. The highest BCUT2D eigenvalue weighted by Crippen LogP contribution is 2.30. The number of thiophene rings is 1. The fourth-order valence-electron chi connectivity index (χ4n) is 1.30. The molecule has 0 aromatic carbocycles. The zero-order chi connectivity index (χ0) is 9.26. The third-order valence-corrected chi connectivity index (χ3v) is 3.07. The van der Waals surface area contributed by atoms with E-state index in [1.165, 1.54) is 18.4 Å². The van der Waals surface area contributed by atoms with Gasteiger partial charge in [-0.05, 0) is 42.2 Å². The molecule has 1 aliphatic carbocycles. The number of nitrogens with two attached hydrogens (primary N) is 1. The van der Waals surface area contributed by atoms with Crippen LogP contribution in [0.5, 0.6) is 0 Å². The van der Waals surface area contributed by atoms with Gasteiger partial charge >= 0.3 is 0 Å². The molecule has 2 nitrogen and oxygen atoms in total. The van der Waals surface area contributed by atoms with E-state index >= 15 is 0 Å². The first-order valence-corrected chi connectivity index (χ1v) is 5.57. The summed E-state index contributed by atoms with van der Waals surface area (Å²) in [7, 11) is 0. The van der Waals surface area contributed by atoms with Gasteiger partial charge in [-0.1, -0.05) is 0 Å². The number of hydrogen-bond donors (Lipinski definition) is 1. The van der Waals surface area contributed by atoms with Gasteiger partial charge in [0.25, 0.3) is 0 Å². The van der Waals surface area contributed by atoms with Crippen molar-refractivity contribution in [2.24, 2.45) is 16.6 Å². The Kier molecular flexibility index (Phi) is 2.36. The Hall–Kier alpha value is -0.830. The maximum absolute atomic E-state index is 5.84. The van der Waals surface area contributed by atoms with E-state index in [2.05, 4.69) is 28.7 Å². The van der Waals surface area contributed by atoms with Crippen LogP contribution >= 0.6 is 11.3 Å². The standard InChI is InChI=1S/C10H14N2S/c1-7(9-4-5-13-6-9)12-10(11)8-2-3-8/h4-8H,2-3H2,1H3,(H2,11,12). The Balaban J connectivity index is 2.05. The van der Waals surface area contributed by atoms with Crippen LogP contribution < -0.4 is 5.73 Å². The van der Waals surface area contributed by atoms with Gasteiger partial charge < -0.3 is 5.73 Å². The highest BCUT2D eigenvalue weighted by atomic mass is 32.1. The molecule has 70 valence electrons. The zero-order valence-corrected chi connectivity index (χ0v) is 8.55. The molecule has 1 heterocycles. The lowest BCUT2D eigenvalue weighted by Gasteiger charge is -2.05. The molecule has 1 atom stereocenters. The first-order valence-electron chi connectivity index (χ1n) is 4.62. The van der Waals surface area contributed by atoms with Crippen LogP contribution in [0.15, 0.2) is 21.8 Å². The minimum atomic E-state index is 0.229. The summed E-state index contributed by atoms with van der Waals surface area (Å²) in [6.07, 6.45) is 2.46. The van der Waals surface area contributed by atoms with Crippen molar-refractivity contribution in [3.8, 4) is 0 Å². The Morgan fingerprint density at radius 3 is 3.00 bits per heavy atom. The lowest BCUT2D eigenvalue weighted by molar-refractivity contribution is 0.812. The first-order chi connectivity index (χ1) is 6.27. The molecule has 0 saturated heterocycles. The summed E-state index contributed by atoms with van der Waals surface area (Å²) in [4.78, 5) is 4.48. The largest absolute Gasteiger partial charge is 0.387 e. The molecular weight excluding hydrogens is 180 g/mol. The van der Waals surface area contributed by atoms with E-state index in [-0.39, 0.29) is 6.04 Å². The fraction of sp³-hybridized carbons (Fsp3) is 0.500. The Morgan fingerprint density at radius 1 is 1.69 bits per heavy atom. The van der Waals surface area contributed by atoms with Crippen LogP contribution in [0.3, 0.4) is 0 Å². The van der Waals surface area contributed by atoms with E-state index in [0.717, 1.165) is 5.84 Å². The molecule has 13 heavy (non-hydrogen) atoms. The zero-order valence-electron chi connectivity index (χ0n) is 7.73. The summed E-state index contributed by atoms with van der Waals surface area (Å²) in [6.45, 7) is 2.09. The van der Waals surface area contributed by atoms with E-state index in [1.807, 2.05) is 0 Å². The van der Waals surface area contributed by atoms with Crippen LogP contribution in [0.25, 0.3) is 0 Å². The van der Waals surface area contributed by atoms with Gasteiger partial charge in [0.05, 0.1) is 11.9 Å². The third kappa shape index (κ3) is 2.10. The quantitative estimate of drug-likeness (QED) is 0.583. The highest BCUT2D eigenvalue weighted by Gasteiger charge is 2.25. The van der Waals surface area contributed by atoms with E-state index < -0.39 is 0 Å². The molecule has 1 aliphatic rings. The van der Waals surface area contributed by atoms with Crippen LogP contribution in [0.4, 0.5) is 0 Å². The van der Waals surface area contributed by atoms with Crippen LogP contribution in [0, 0.1) is 5.92 Å². The number of hydrogen-bond acceptors (Lipinski definition) is 2. The molecule has 0 radical (unpaired) electrons. The van der Waals surface area contributed by atoms with Crippen LogP contribution in [0.1, 0.15) is 31.4 Å². The smallest absolute Gasteiger partial charge is 0.0975 e. The third-order valence-electron chi connectivity index (χ3n) is 2.36. The second kappa shape index (κ2) is 3.50. The average Bonchev–Trinajstić information content (AvgIpc) is 2.81. The van der Waals surface area contributed by atoms with Gasteiger partial charge in [-0.2, -0.15) is 11.3 Å². The van der Waals surface area contributed by atoms with Gasteiger partial charge in [-0.3, -0.25) is 4.99 Å². The molecule has 2 rings (SSSR count). The predicted octanol–water partition coefficient (Wildman–Crippen LogP) is 2.58. The number of amidine groups is 1. The van der Waals surface area contributed by atoms with Crippen molar-refractivity contribution in [1.82, 2.24) is 0 Å². The van der Waals surface area contributed by atoms with E-state index in [0.29, 0.717) is 5.92 Å². The predicted molar refractivity (Wildman–Crippen MR) is 57.1 cm³/mol. The second-order valence-electron chi connectivity index (χ2n) is 3.56. The molecule has 0 spiro atoms. The number of rotatable bonds is 3. The summed E-state index contributed by atoms with van der Waals surface area (Å²) >= 11 is 1.71. The van der Waals surface area contributed by atoms with Crippen LogP contribution in [-0.4, -0.2) is 5.84 Å². The molecular formula is C10H14N2S. The molecule has 1 aromatic rings. The normalized spacial score (nSPS) is 20.2. The van der Waals surface area contributed by atoms with Gasteiger partial charge in [0.2, 0.25) is 0 Å². The van der Waals surface area contributed by atoms with E-state index in [1.54, 1.807) is 11.3 Å². The number of aliphatic imine (C=N–C) groups is 1. The van der Waals surface area contributed by atoms with Gasteiger partial charge in [-0.15, -0.1) is 0 Å². The molecule has 0 aliphatic heterocycles. The molecule has 1 unspecified atom stereocenters. The molecule has 0 amide bonds. The summed E-state index contributed by atoms with van der Waals surface area (Å²) in [6, 6.07) is 2.34. The van der Waals surface area contributed by atoms with Gasteiger partial charge in [0.15, 0.2) is 0 Å². The molecule has 3 heteroatoms. The van der Waals surface area contributed by atoms with E-state index in [4.69, 9.17) is 5.73 Å². The van der Waals surface area contributed by atoms with Gasteiger partial charge in [0.1, 0.15) is 0 Å². The molecule has 0 bridgehead atoms. The molecule has 2 N–H and O–H groups in total. The van der Waals surface area contributed by atoms with Crippen LogP contribution in [0.2, 0.25) is 0 Å². The second-order valence-corrected chi connectivity index (χ2v) is 4.34. The van der Waals surface area contributed by atoms with Crippen molar-refractivity contribution in [2.75, 3.05) is 0 Å². The first kappa shape index (κ1) is 8.75. The summed E-state index contributed by atoms with van der Waals surface area (Å²) in [5.41, 5.74) is 7.11. The average molecular weight is 194 g/mol. The summed E-state index contributed by atoms with van der Waals surface area (Å²) < 4.78 is 0. The molecule has 1 aromatic heterocycles. The topological polar surface area (TPSA) is 38.4 Å². The van der Waals surface area contributed by atoms with Crippen molar-refractivity contribution in [2.45, 2.75) is 25.8 Å². The van der Waals surface area contributed by atoms with Crippen molar-refractivity contribution in [1.29, 1.82) is 0 Å². The molecule has 1 saturated carbocycles. The maximum atomic E-state index is 5.84.